The van der Waals surface area contributed by atoms with Crippen molar-refractivity contribution < 1.29 is 9.59 Å². The van der Waals surface area contributed by atoms with E-state index in [1.807, 2.05) is 67.4 Å². The summed E-state index contributed by atoms with van der Waals surface area (Å²) >= 11 is 1.32. The van der Waals surface area contributed by atoms with Crippen LogP contribution in [0.25, 0.3) is 0 Å². The van der Waals surface area contributed by atoms with Gasteiger partial charge in [-0.05, 0) is 43.5 Å². The largest absolute Gasteiger partial charge is 0.326 e. The molecule has 3 aromatic carbocycles. The van der Waals surface area contributed by atoms with E-state index in [9.17, 15) is 9.59 Å². The monoisotopic (exact) mass is 496 g/mol. The van der Waals surface area contributed by atoms with Gasteiger partial charge in [-0.1, -0.05) is 89.6 Å². The van der Waals surface area contributed by atoms with E-state index in [1.165, 1.54) is 17.3 Å². The Hall–Kier alpha value is -3.71. The molecule has 2 aliphatic rings. The van der Waals surface area contributed by atoms with Gasteiger partial charge in [-0.3, -0.25) is 9.59 Å². The van der Waals surface area contributed by atoms with Crippen molar-refractivity contribution in [1.82, 2.24) is 5.01 Å². The van der Waals surface area contributed by atoms with Gasteiger partial charge in [0.05, 0.1) is 11.8 Å². The van der Waals surface area contributed by atoms with Gasteiger partial charge in [-0.25, -0.2) is 5.01 Å². The van der Waals surface area contributed by atoms with Crippen LogP contribution in [0.1, 0.15) is 46.7 Å². The number of carbonyl (C=O) groups excluding carboxylic acids is 2. The third kappa shape index (κ3) is 5.11. The second kappa shape index (κ2) is 10.1. The molecular formula is C29H28N4O2S. The third-order valence-corrected chi connectivity index (χ3v) is 7.57. The number of nitrogens with one attached hydrogen (secondary N) is 1. The molecule has 6 nitrogen and oxygen atoms in total. The highest BCUT2D eigenvalue weighted by atomic mass is 32.2. The fourth-order valence-corrected chi connectivity index (χ4v) is 5.53. The summed E-state index contributed by atoms with van der Waals surface area (Å²) in [5.74, 6) is -0.494. The number of amidine groups is 1. The predicted octanol–water partition coefficient (Wildman–Crippen LogP) is 5.79. The van der Waals surface area contributed by atoms with Crippen molar-refractivity contribution in [2.24, 2.45) is 10.1 Å². The van der Waals surface area contributed by atoms with Gasteiger partial charge in [0, 0.05) is 18.5 Å². The van der Waals surface area contributed by atoms with Crippen LogP contribution >= 0.6 is 11.8 Å². The molecule has 2 amide bonds. The quantitative estimate of drug-likeness (QED) is 0.485. The first-order valence-electron chi connectivity index (χ1n) is 12.0. The van der Waals surface area contributed by atoms with E-state index in [0.29, 0.717) is 11.6 Å². The molecule has 3 aromatic rings. The van der Waals surface area contributed by atoms with Crippen molar-refractivity contribution in [2.45, 2.75) is 44.9 Å². The zero-order valence-corrected chi connectivity index (χ0v) is 21.4. The van der Waals surface area contributed by atoms with Crippen LogP contribution in [0, 0.1) is 20.8 Å². The topological polar surface area (TPSA) is 74.1 Å². The molecule has 0 saturated carbocycles. The molecule has 0 saturated heterocycles. The maximum absolute atomic E-state index is 12.8. The maximum atomic E-state index is 12.8. The van der Waals surface area contributed by atoms with Gasteiger partial charge in [0.15, 0.2) is 5.17 Å². The molecule has 0 radical (unpaired) electrons. The molecule has 7 heteroatoms. The summed E-state index contributed by atoms with van der Waals surface area (Å²) in [6.07, 6.45) is 0.765. The van der Waals surface area contributed by atoms with E-state index in [-0.39, 0.29) is 24.3 Å². The minimum Gasteiger partial charge on any atom is -0.326 e. The lowest BCUT2D eigenvalue weighted by Crippen LogP contribution is -2.25. The molecule has 2 heterocycles. The second-order valence-electron chi connectivity index (χ2n) is 9.30. The molecule has 2 atom stereocenters. The molecule has 1 N–H and O–H groups in total. The van der Waals surface area contributed by atoms with Gasteiger partial charge in [0.25, 0.3) is 5.91 Å². The number of carbonyl (C=O) groups is 2. The van der Waals surface area contributed by atoms with Crippen molar-refractivity contribution in [2.75, 3.05) is 5.32 Å². The van der Waals surface area contributed by atoms with E-state index in [4.69, 9.17) is 5.10 Å². The number of aliphatic imine (C=N–C) groups is 1. The van der Waals surface area contributed by atoms with Gasteiger partial charge in [-0.15, -0.1) is 0 Å². The Morgan fingerprint density at radius 3 is 2.44 bits per heavy atom. The lowest BCUT2D eigenvalue weighted by Gasteiger charge is -2.23. The minimum atomic E-state index is -0.569. The van der Waals surface area contributed by atoms with Crippen LogP contribution in [0.15, 0.2) is 82.9 Å². The van der Waals surface area contributed by atoms with Crippen molar-refractivity contribution in [3.05, 3.63) is 101 Å². The number of hydrazone groups is 1. The highest BCUT2D eigenvalue weighted by Gasteiger charge is 2.39. The molecule has 0 fully saturated rings. The Labute approximate surface area is 215 Å². The SMILES string of the molecule is Cc1ccc([C@@H]2CC(c3ccccc3)=NN2C2=NC(=O)[C@H](CC(=O)Nc3ccc(C)cc3C)S2)cc1. The maximum Gasteiger partial charge on any atom is 0.262 e. The summed E-state index contributed by atoms with van der Waals surface area (Å²) in [5.41, 5.74) is 7.19. The third-order valence-electron chi connectivity index (χ3n) is 6.43. The van der Waals surface area contributed by atoms with Crippen LogP contribution in [-0.2, 0) is 9.59 Å². The van der Waals surface area contributed by atoms with Crippen molar-refractivity contribution in [1.29, 1.82) is 0 Å². The Morgan fingerprint density at radius 2 is 1.72 bits per heavy atom. The average molecular weight is 497 g/mol. The second-order valence-corrected chi connectivity index (χ2v) is 10.5. The van der Waals surface area contributed by atoms with Crippen molar-refractivity contribution in [3.63, 3.8) is 0 Å². The number of hydrogen-bond donors (Lipinski definition) is 1. The van der Waals surface area contributed by atoms with Crippen LogP contribution in [0.4, 0.5) is 5.69 Å². The molecule has 0 aromatic heterocycles. The molecule has 5 rings (SSSR count). The first-order chi connectivity index (χ1) is 17.4. The van der Waals surface area contributed by atoms with Crippen LogP contribution in [0.2, 0.25) is 0 Å². The van der Waals surface area contributed by atoms with Crippen molar-refractivity contribution in [3.8, 4) is 0 Å². The highest BCUT2D eigenvalue weighted by molar-refractivity contribution is 8.15. The van der Waals surface area contributed by atoms with Gasteiger partial charge < -0.3 is 5.32 Å². The van der Waals surface area contributed by atoms with E-state index >= 15 is 0 Å². The Balaban J connectivity index is 1.34. The average Bonchev–Trinajstić information content (AvgIpc) is 3.46. The number of benzene rings is 3. The summed E-state index contributed by atoms with van der Waals surface area (Å²) in [7, 11) is 0. The number of thioether (sulfide) groups is 1. The lowest BCUT2D eigenvalue weighted by molar-refractivity contribution is -0.121. The Bertz CT molecular complexity index is 1370. The highest BCUT2D eigenvalue weighted by Crippen LogP contribution is 2.38. The molecule has 0 unspecified atom stereocenters. The predicted molar refractivity (Wildman–Crippen MR) is 146 cm³/mol. The first kappa shape index (κ1) is 24.0. The molecule has 0 spiro atoms. The van der Waals surface area contributed by atoms with Crippen LogP contribution in [0.3, 0.4) is 0 Å². The molecule has 0 bridgehead atoms. The van der Waals surface area contributed by atoms with Gasteiger partial charge >= 0.3 is 0 Å². The molecule has 0 aliphatic carbocycles. The van der Waals surface area contributed by atoms with Crippen LogP contribution < -0.4 is 5.32 Å². The fraction of sp³-hybridized carbons (Fsp3) is 0.241. The zero-order valence-electron chi connectivity index (χ0n) is 20.6. The van der Waals surface area contributed by atoms with E-state index in [0.717, 1.165) is 33.7 Å². The van der Waals surface area contributed by atoms with Crippen molar-refractivity contribution >= 4 is 40.1 Å². The number of amides is 2. The number of rotatable bonds is 5. The van der Waals surface area contributed by atoms with Crippen LogP contribution in [-0.4, -0.2) is 33.0 Å². The van der Waals surface area contributed by atoms with E-state index in [1.54, 1.807) is 0 Å². The summed E-state index contributed by atoms with van der Waals surface area (Å²) in [5, 5.41) is 9.67. The van der Waals surface area contributed by atoms with Gasteiger partial charge in [0.1, 0.15) is 5.25 Å². The van der Waals surface area contributed by atoms with Gasteiger partial charge in [-0.2, -0.15) is 10.1 Å². The minimum absolute atomic E-state index is 0.0577. The number of hydrogen-bond acceptors (Lipinski definition) is 5. The molecule has 182 valence electrons. The summed E-state index contributed by atoms with van der Waals surface area (Å²) < 4.78 is 0. The fourth-order valence-electron chi connectivity index (χ4n) is 4.47. The summed E-state index contributed by atoms with van der Waals surface area (Å²) in [6.45, 7) is 6.03. The summed E-state index contributed by atoms with van der Waals surface area (Å²) in [4.78, 5) is 29.9. The Kier molecular flexibility index (Phi) is 6.74. The summed E-state index contributed by atoms with van der Waals surface area (Å²) in [6, 6.07) is 24.3. The number of anilines is 1. The van der Waals surface area contributed by atoms with Crippen LogP contribution in [0.5, 0.6) is 0 Å². The van der Waals surface area contributed by atoms with Gasteiger partial charge in [0.2, 0.25) is 5.91 Å². The molecule has 2 aliphatic heterocycles. The molecular weight excluding hydrogens is 468 g/mol. The van der Waals surface area contributed by atoms with E-state index < -0.39 is 5.25 Å². The first-order valence-corrected chi connectivity index (χ1v) is 12.9. The smallest absolute Gasteiger partial charge is 0.262 e. The molecule has 36 heavy (non-hydrogen) atoms. The Morgan fingerprint density at radius 1 is 1.00 bits per heavy atom. The van der Waals surface area contributed by atoms with E-state index in [2.05, 4.69) is 41.5 Å². The zero-order chi connectivity index (χ0) is 25.2. The lowest BCUT2D eigenvalue weighted by atomic mass is 9.98. The normalized spacial score (nSPS) is 19.3. The number of aryl methyl sites for hydroxylation is 3. The standard InChI is InChI=1S/C29H28N4O2S/c1-18-9-12-22(13-10-18)25-16-24(21-7-5-4-6-8-21)32-33(25)29-31-28(35)26(36-29)17-27(34)30-23-14-11-19(2)15-20(23)3/h4-15,25-26H,16-17H2,1-3H3,(H,30,34)/t25-,26-/m0/s1. The number of nitrogens with zero attached hydrogens (tertiary/aromatic N) is 3.